The normalized spacial score (nSPS) is 22.0. The molecule has 0 bridgehead atoms. The highest BCUT2D eigenvalue weighted by Gasteiger charge is 2.24. The van der Waals surface area contributed by atoms with Crippen LogP contribution in [0.3, 0.4) is 0 Å². The fourth-order valence-electron chi connectivity index (χ4n) is 3.12. The Morgan fingerprint density at radius 3 is 2.24 bits per heavy atom. The van der Waals surface area contributed by atoms with Crippen molar-refractivity contribution in [3.05, 3.63) is 0 Å². The largest absolute Gasteiger partial charge is 0.481 e. The molecule has 4 nitrogen and oxygen atoms in total. The predicted octanol–water partition coefficient (Wildman–Crippen LogP) is 3.74. The van der Waals surface area contributed by atoms with Crippen molar-refractivity contribution < 1.29 is 14.7 Å². The van der Waals surface area contributed by atoms with E-state index >= 15 is 0 Å². The molecule has 0 aromatic carbocycles. The quantitative estimate of drug-likeness (QED) is 0.604. The molecule has 0 aromatic heterocycles. The molecule has 1 aliphatic carbocycles. The van der Waals surface area contributed by atoms with E-state index in [-0.39, 0.29) is 18.2 Å². The van der Waals surface area contributed by atoms with Crippen LogP contribution >= 0.6 is 0 Å². The van der Waals surface area contributed by atoms with Gasteiger partial charge in [0.1, 0.15) is 0 Å². The summed E-state index contributed by atoms with van der Waals surface area (Å²) in [6.45, 7) is 3.01. The van der Waals surface area contributed by atoms with Gasteiger partial charge in [-0.1, -0.05) is 32.6 Å². The number of unbranched alkanes of at least 4 members (excludes halogenated alkanes) is 4. The number of carbonyl (C=O) groups is 2. The monoisotopic (exact) mass is 297 g/mol. The number of hydrogen-bond acceptors (Lipinski definition) is 2. The molecule has 0 aliphatic heterocycles. The summed E-state index contributed by atoms with van der Waals surface area (Å²) in [6.07, 6.45) is 10.9. The molecule has 122 valence electrons. The van der Waals surface area contributed by atoms with Crippen molar-refractivity contribution in [1.82, 2.24) is 5.32 Å². The first-order valence-corrected chi connectivity index (χ1v) is 8.63. The molecule has 0 spiro atoms. The third-order valence-corrected chi connectivity index (χ3v) is 4.66. The van der Waals surface area contributed by atoms with Crippen LogP contribution in [0.15, 0.2) is 0 Å². The lowest BCUT2D eigenvalue weighted by molar-refractivity contribution is -0.137. The molecule has 1 rings (SSSR count). The zero-order chi connectivity index (χ0) is 15.5. The number of hydrogen-bond donors (Lipinski definition) is 2. The van der Waals surface area contributed by atoms with E-state index in [2.05, 4.69) is 12.2 Å². The molecule has 2 N–H and O–H groups in total. The average Bonchev–Trinajstić information content (AvgIpc) is 2.49. The SMILES string of the molecule is CCC1CCC(C(=O)NCCCCCCCC(=O)O)CC1. The lowest BCUT2D eigenvalue weighted by Gasteiger charge is -2.26. The molecular weight excluding hydrogens is 266 g/mol. The Morgan fingerprint density at radius 1 is 1.00 bits per heavy atom. The van der Waals surface area contributed by atoms with Crippen LogP contribution in [0.2, 0.25) is 0 Å². The maximum absolute atomic E-state index is 12.0. The molecule has 1 amide bonds. The first kappa shape index (κ1) is 18.0. The Hall–Kier alpha value is -1.06. The van der Waals surface area contributed by atoms with Gasteiger partial charge in [0.05, 0.1) is 0 Å². The van der Waals surface area contributed by atoms with Crippen LogP contribution in [-0.2, 0) is 9.59 Å². The van der Waals surface area contributed by atoms with Crippen LogP contribution in [0.25, 0.3) is 0 Å². The van der Waals surface area contributed by atoms with Crippen LogP contribution in [0, 0.1) is 11.8 Å². The van der Waals surface area contributed by atoms with Gasteiger partial charge in [-0.05, 0) is 44.4 Å². The Bertz CT molecular complexity index is 309. The van der Waals surface area contributed by atoms with Crippen molar-refractivity contribution in [2.45, 2.75) is 77.6 Å². The molecular formula is C17H31NO3. The maximum atomic E-state index is 12.0. The van der Waals surface area contributed by atoms with E-state index < -0.39 is 5.97 Å². The molecule has 0 aromatic rings. The molecule has 0 saturated heterocycles. The first-order valence-electron chi connectivity index (χ1n) is 8.63. The number of carbonyl (C=O) groups excluding carboxylic acids is 1. The van der Waals surface area contributed by atoms with E-state index in [1.807, 2.05) is 0 Å². The molecule has 21 heavy (non-hydrogen) atoms. The van der Waals surface area contributed by atoms with Crippen LogP contribution < -0.4 is 5.32 Å². The highest BCUT2D eigenvalue weighted by molar-refractivity contribution is 5.78. The summed E-state index contributed by atoms with van der Waals surface area (Å²) in [6, 6.07) is 0. The summed E-state index contributed by atoms with van der Waals surface area (Å²) >= 11 is 0. The Labute approximate surface area is 128 Å². The maximum Gasteiger partial charge on any atom is 0.303 e. The number of nitrogens with one attached hydrogen (secondary N) is 1. The topological polar surface area (TPSA) is 66.4 Å². The number of aliphatic carboxylic acids is 1. The summed E-state index contributed by atoms with van der Waals surface area (Å²) in [5.41, 5.74) is 0. The summed E-state index contributed by atoms with van der Waals surface area (Å²) in [7, 11) is 0. The zero-order valence-corrected chi connectivity index (χ0v) is 13.4. The fourth-order valence-corrected chi connectivity index (χ4v) is 3.12. The van der Waals surface area contributed by atoms with Gasteiger partial charge in [0.25, 0.3) is 0 Å². The van der Waals surface area contributed by atoms with Crippen molar-refractivity contribution in [1.29, 1.82) is 0 Å². The Balaban J connectivity index is 1.95. The fraction of sp³-hybridized carbons (Fsp3) is 0.882. The summed E-state index contributed by atoms with van der Waals surface area (Å²) in [4.78, 5) is 22.4. The van der Waals surface area contributed by atoms with Gasteiger partial charge in [-0.3, -0.25) is 9.59 Å². The van der Waals surface area contributed by atoms with E-state index in [0.717, 1.165) is 57.4 Å². The van der Waals surface area contributed by atoms with Gasteiger partial charge >= 0.3 is 5.97 Å². The van der Waals surface area contributed by atoms with Gasteiger partial charge in [-0.15, -0.1) is 0 Å². The van der Waals surface area contributed by atoms with E-state index in [9.17, 15) is 9.59 Å². The number of carboxylic acids is 1. The summed E-state index contributed by atoms with van der Waals surface area (Å²) in [5, 5.41) is 11.6. The summed E-state index contributed by atoms with van der Waals surface area (Å²) in [5.74, 6) is 0.610. The van der Waals surface area contributed by atoms with Crippen molar-refractivity contribution in [3.63, 3.8) is 0 Å². The molecule has 1 saturated carbocycles. The van der Waals surface area contributed by atoms with Crippen LogP contribution in [0.1, 0.15) is 77.6 Å². The molecule has 1 fully saturated rings. The van der Waals surface area contributed by atoms with Gasteiger partial charge in [-0.2, -0.15) is 0 Å². The minimum Gasteiger partial charge on any atom is -0.481 e. The molecule has 0 heterocycles. The summed E-state index contributed by atoms with van der Waals surface area (Å²) < 4.78 is 0. The van der Waals surface area contributed by atoms with E-state index in [1.54, 1.807) is 0 Å². The van der Waals surface area contributed by atoms with Gasteiger partial charge in [0.15, 0.2) is 0 Å². The second kappa shape index (κ2) is 10.6. The lowest BCUT2D eigenvalue weighted by atomic mass is 9.80. The van der Waals surface area contributed by atoms with Crippen molar-refractivity contribution in [3.8, 4) is 0 Å². The highest BCUT2D eigenvalue weighted by atomic mass is 16.4. The molecule has 0 atom stereocenters. The second-order valence-corrected chi connectivity index (χ2v) is 6.33. The Morgan fingerprint density at radius 2 is 1.62 bits per heavy atom. The minimum atomic E-state index is -0.708. The number of amides is 1. The first-order chi connectivity index (χ1) is 10.1. The third kappa shape index (κ3) is 8.08. The van der Waals surface area contributed by atoms with Crippen molar-refractivity contribution >= 4 is 11.9 Å². The van der Waals surface area contributed by atoms with Crippen molar-refractivity contribution in [2.75, 3.05) is 6.54 Å². The number of rotatable bonds is 10. The molecule has 1 aliphatic rings. The van der Waals surface area contributed by atoms with E-state index in [0.29, 0.717) is 0 Å². The van der Waals surface area contributed by atoms with Gasteiger partial charge < -0.3 is 10.4 Å². The highest BCUT2D eigenvalue weighted by Crippen LogP contribution is 2.30. The van der Waals surface area contributed by atoms with Crippen LogP contribution in [-0.4, -0.2) is 23.5 Å². The lowest BCUT2D eigenvalue weighted by Crippen LogP contribution is -2.33. The van der Waals surface area contributed by atoms with Gasteiger partial charge in [-0.25, -0.2) is 0 Å². The smallest absolute Gasteiger partial charge is 0.303 e. The Kier molecular flexibility index (Phi) is 9.11. The van der Waals surface area contributed by atoms with E-state index in [4.69, 9.17) is 5.11 Å². The zero-order valence-electron chi connectivity index (χ0n) is 13.4. The third-order valence-electron chi connectivity index (χ3n) is 4.66. The second-order valence-electron chi connectivity index (χ2n) is 6.33. The average molecular weight is 297 g/mol. The van der Waals surface area contributed by atoms with Crippen molar-refractivity contribution in [2.24, 2.45) is 11.8 Å². The molecule has 0 radical (unpaired) electrons. The van der Waals surface area contributed by atoms with Crippen LogP contribution in [0.5, 0.6) is 0 Å². The van der Waals surface area contributed by atoms with Gasteiger partial charge in [0, 0.05) is 18.9 Å². The minimum absolute atomic E-state index is 0.239. The molecule has 0 unspecified atom stereocenters. The predicted molar refractivity (Wildman–Crippen MR) is 84.1 cm³/mol. The van der Waals surface area contributed by atoms with Gasteiger partial charge in [0.2, 0.25) is 5.91 Å². The van der Waals surface area contributed by atoms with E-state index in [1.165, 1.54) is 19.3 Å². The van der Waals surface area contributed by atoms with Crippen LogP contribution in [0.4, 0.5) is 0 Å². The standard InChI is InChI=1S/C17H31NO3/c1-2-14-9-11-15(12-10-14)17(21)18-13-7-5-3-4-6-8-16(19)20/h14-15H,2-13H2,1H3,(H,18,21)(H,19,20). The molecule has 4 heteroatoms. The number of carboxylic acid groups (broad SMARTS) is 1.